The minimum absolute atomic E-state index is 0.0986. The van der Waals surface area contributed by atoms with Gasteiger partial charge < -0.3 is 4.74 Å². The Kier molecular flexibility index (Phi) is 2.97. The van der Waals surface area contributed by atoms with Crippen molar-refractivity contribution in [2.45, 2.75) is 59.0 Å². The van der Waals surface area contributed by atoms with E-state index in [9.17, 15) is 4.79 Å². The molecule has 0 radical (unpaired) electrons. The summed E-state index contributed by atoms with van der Waals surface area (Å²) in [6, 6.07) is 0. The van der Waals surface area contributed by atoms with Crippen molar-refractivity contribution in [1.29, 1.82) is 0 Å². The van der Waals surface area contributed by atoms with E-state index in [0.717, 1.165) is 6.42 Å². The van der Waals surface area contributed by atoms with Crippen LogP contribution in [-0.2, 0) is 9.53 Å². The van der Waals surface area contributed by atoms with Crippen molar-refractivity contribution in [2.75, 3.05) is 0 Å². The fourth-order valence-corrected chi connectivity index (χ4v) is 3.70. The first-order valence-corrected chi connectivity index (χ1v) is 6.55. The molecule has 94 valence electrons. The van der Waals surface area contributed by atoms with Crippen LogP contribution in [-0.4, -0.2) is 12.1 Å². The van der Waals surface area contributed by atoms with Gasteiger partial charge in [0.05, 0.1) is 6.42 Å². The van der Waals surface area contributed by atoms with Crippen LogP contribution in [0.4, 0.5) is 0 Å². The molecule has 0 heterocycles. The summed E-state index contributed by atoms with van der Waals surface area (Å²) in [5.74, 6) is 3.06. The van der Waals surface area contributed by atoms with E-state index in [1.54, 1.807) is 0 Å². The Morgan fingerprint density at radius 2 is 2.18 bits per heavy atom. The molecule has 0 saturated heterocycles. The first-order chi connectivity index (χ1) is 7.91. The second kappa shape index (κ2) is 4.05. The zero-order chi connectivity index (χ0) is 12.7. The Balaban J connectivity index is 2.01. The van der Waals surface area contributed by atoms with Crippen molar-refractivity contribution >= 4 is 5.97 Å². The van der Waals surface area contributed by atoms with Crippen molar-refractivity contribution in [3.63, 3.8) is 0 Å². The molecule has 0 spiro atoms. The van der Waals surface area contributed by atoms with Crippen LogP contribution in [0.2, 0.25) is 0 Å². The van der Waals surface area contributed by atoms with Crippen molar-refractivity contribution in [3.8, 4) is 12.3 Å². The molecule has 3 unspecified atom stereocenters. The summed E-state index contributed by atoms with van der Waals surface area (Å²) in [6.07, 6.45) is 9.58. The Morgan fingerprint density at radius 3 is 2.65 bits per heavy atom. The summed E-state index contributed by atoms with van der Waals surface area (Å²) in [7, 11) is 0. The number of hydrogen-bond acceptors (Lipinski definition) is 2. The van der Waals surface area contributed by atoms with Crippen molar-refractivity contribution in [3.05, 3.63) is 0 Å². The molecule has 0 amide bonds. The van der Waals surface area contributed by atoms with Crippen LogP contribution in [0.1, 0.15) is 52.9 Å². The Bertz CT molecular complexity index is 364. The molecule has 17 heavy (non-hydrogen) atoms. The predicted molar refractivity (Wildman–Crippen MR) is 67.2 cm³/mol. The molecule has 2 nitrogen and oxygen atoms in total. The lowest BCUT2D eigenvalue weighted by Gasteiger charge is -2.38. The van der Waals surface area contributed by atoms with Gasteiger partial charge in [0.15, 0.2) is 0 Å². The number of terminal acetylenes is 1. The minimum Gasteiger partial charge on any atom is -0.462 e. The molecule has 0 aromatic rings. The Morgan fingerprint density at radius 1 is 1.47 bits per heavy atom. The van der Waals surface area contributed by atoms with Crippen molar-refractivity contribution < 1.29 is 9.53 Å². The molecule has 0 N–H and O–H groups in total. The van der Waals surface area contributed by atoms with Gasteiger partial charge in [-0.2, -0.15) is 0 Å². The molecule has 3 atom stereocenters. The van der Waals surface area contributed by atoms with Gasteiger partial charge in [0, 0.05) is 11.8 Å². The molecule has 2 heteroatoms. The maximum absolute atomic E-state index is 11.7. The van der Waals surface area contributed by atoms with Crippen molar-refractivity contribution in [1.82, 2.24) is 0 Å². The third-order valence-electron chi connectivity index (χ3n) is 5.46. The van der Waals surface area contributed by atoms with Gasteiger partial charge in [-0.1, -0.05) is 20.8 Å². The standard InChI is InChI=1S/C15H22O2/c1-5-6-7-13(16)17-12-10-11-8-9-15(12,4)14(11,2)3/h1,11-12H,6-10H2,2-4H3. The Hall–Kier alpha value is -0.970. The van der Waals surface area contributed by atoms with Crippen molar-refractivity contribution in [2.24, 2.45) is 16.7 Å². The molecule has 0 aliphatic heterocycles. The van der Waals surface area contributed by atoms with E-state index in [1.165, 1.54) is 12.8 Å². The molecule has 2 aliphatic carbocycles. The van der Waals surface area contributed by atoms with E-state index in [0.29, 0.717) is 24.2 Å². The molecule has 0 aromatic carbocycles. The number of hydrogen-bond donors (Lipinski definition) is 0. The van der Waals surface area contributed by atoms with E-state index < -0.39 is 0 Å². The molecule has 0 aromatic heterocycles. The lowest BCUT2D eigenvalue weighted by Crippen LogP contribution is -2.38. The van der Waals surface area contributed by atoms with Gasteiger partial charge in [0.2, 0.25) is 0 Å². The van der Waals surface area contributed by atoms with Crippen LogP contribution in [0.3, 0.4) is 0 Å². The first kappa shape index (κ1) is 12.5. The molecule has 2 fully saturated rings. The number of ether oxygens (including phenoxy) is 1. The van der Waals surface area contributed by atoms with Crippen LogP contribution in [0.5, 0.6) is 0 Å². The molecule has 2 saturated carbocycles. The quantitative estimate of drug-likeness (QED) is 0.554. The van der Waals surface area contributed by atoms with Gasteiger partial charge in [-0.3, -0.25) is 4.79 Å². The monoisotopic (exact) mass is 234 g/mol. The smallest absolute Gasteiger partial charge is 0.307 e. The van der Waals surface area contributed by atoms with E-state index in [-0.39, 0.29) is 17.5 Å². The third kappa shape index (κ3) is 1.76. The summed E-state index contributed by atoms with van der Waals surface area (Å²) in [6.45, 7) is 6.92. The normalized spacial score (nSPS) is 37.8. The van der Waals surface area contributed by atoms with Gasteiger partial charge in [0.1, 0.15) is 6.10 Å². The van der Waals surface area contributed by atoms with Gasteiger partial charge in [-0.25, -0.2) is 0 Å². The van der Waals surface area contributed by atoms with Gasteiger partial charge >= 0.3 is 5.97 Å². The number of esters is 1. The average Bonchev–Trinajstić information content (AvgIpc) is 2.59. The fourth-order valence-electron chi connectivity index (χ4n) is 3.70. The molecule has 2 rings (SSSR count). The van der Waals surface area contributed by atoms with Gasteiger partial charge in [0.25, 0.3) is 0 Å². The second-order valence-electron chi connectivity index (χ2n) is 6.29. The zero-order valence-corrected chi connectivity index (χ0v) is 11.1. The van der Waals surface area contributed by atoms with Crippen LogP contribution in [0, 0.1) is 29.1 Å². The highest BCUT2D eigenvalue weighted by atomic mass is 16.5. The van der Waals surface area contributed by atoms with Crippen LogP contribution in [0.25, 0.3) is 0 Å². The highest BCUT2D eigenvalue weighted by Gasteiger charge is 2.62. The van der Waals surface area contributed by atoms with E-state index in [4.69, 9.17) is 11.2 Å². The predicted octanol–water partition coefficient (Wildman–Crippen LogP) is 3.16. The highest BCUT2D eigenvalue weighted by Crippen LogP contribution is 2.66. The SMILES string of the molecule is C#CCCC(=O)OC1CC2CCC1(C)C2(C)C. The zero-order valence-electron chi connectivity index (χ0n) is 11.1. The summed E-state index contributed by atoms with van der Waals surface area (Å²) in [4.78, 5) is 11.7. The maximum atomic E-state index is 11.7. The number of rotatable bonds is 3. The summed E-state index contributed by atoms with van der Waals surface area (Å²) < 4.78 is 5.65. The van der Waals surface area contributed by atoms with E-state index in [1.807, 2.05) is 0 Å². The maximum Gasteiger partial charge on any atom is 0.307 e. The second-order valence-corrected chi connectivity index (χ2v) is 6.29. The van der Waals surface area contributed by atoms with E-state index in [2.05, 4.69) is 26.7 Å². The number of carbonyl (C=O) groups is 1. The largest absolute Gasteiger partial charge is 0.462 e. The lowest BCUT2D eigenvalue weighted by atomic mass is 9.70. The Labute approximate surface area is 104 Å². The summed E-state index contributed by atoms with van der Waals surface area (Å²) in [5, 5.41) is 0. The molecule has 2 aliphatic rings. The topological polar surface area (TPSA) is 26.3 Å². The van der Waals surface area contributed by atoms with E-state index >= 15 is 0 Å². The lowest BCUT2D eigenvalue weighted by molar-refractivity contribution is -0.156. The summed E-state index contributed by atoms with van der Waals surface area (Å²) in [5.41, 5.74) is 0.452. The average molecular weight is 234 g/mol. The molecular formula is C15H22O2. The van der Waals surface area contributed by atoms with Gasteiger partial charge in [-0.15, -0.1) is 12.3 Å². The minimum atomic E-state index is -0.127. The van der Waals surface area contributed by atoms with Crippen LogP contribution >= 0.6 is 0 Å². The summed E-state index contributed by atoms with van der Waals surface area (Å²) >= 11 is 0. The van der Waals surface area contributed by atoms with Gasteiger partial charge in [-0.05, 0) is 30.6 Å². The molecule has 2 bridgehead atoms. The molecular weight excluding hydrogens is 212 g/mol. The van der Waals surface area contributed by atoms with Crippen LogP contribution in [0.15, 0.2) is 0 Å². The third-order valence-corrected chi connectivity index (χ3v) is 5.46. The number of carbonyl (C=O) groups excluding carboxylic acids is 1. The highest BCUT2D eigenvalue weighted by molar-refractivity contribution is 5.70. The number of fused-ring (bicyclic) bond motifs is 2. The fraction of sp³-hybridized carbons (Fsp3) is 0.800. The van der Waals surface area contributed by atoms with Crippen LogP contribution < -0.4 is 0 Å². The first-order valence-electron chi connectivity index (χ1n) is 6.55.